The molecule has 0 bridgehead atoms. The minimum absolute atomic E-state index is 0.431. The van der Waals surface area contributed by atoms with Gasteiger partial charge in [-0.05, 0) is 13.8 Å². The van der Waals surface area contributed by atoms with E-state index in [1.807, 2.05) is 13.8 Å². The summed E-state index contributed by atoms with van der Waals surface area (Å²) in [6.45, 7) is 8.97. The molecule has 2 rings (SSSR count). The van der Waals surface area contributed by atoms with E-state index in [-0.39, 0.29) is 0 Å². The van der Waals surface area contributed by atoms with Gasteiger partial charge in [0.05, 0.1) is 26.4 Å². The van der Waals surface area contributed by atoms with Crippen molar-refractivity contribution in [1.29, 1.82) is 0 Å². The summed E-state index contributed by atoms with van der Waals surface area (Å²) in [5.74, 6) is 0. The maximum atomic E-state index is 5.03. The topological polar surface area (TPSA) is 43.5 Å². The monoisotopic (exact) mass is 204 g/mol. The van der Waals surface area contributed by atoms with Crippen LogP contribution in [0.4, 0.5) is 0 Å². The van der Waals surface area contributed by atoms with Gasteiger partial charge in [-0.2, -0.15) is 0 Å². The second-order valence-electron chi connectivity index (χ2n) is 3.23. The lowest BCUT2D eigenvalue weighted by atomic mass is 10.5. The van der Waals surface area contributed by atoms with Crippen LogP contribution in [0.2, 0.25) is 0 Å². The third-order valence-electron chi connectivity index (χ3n) is 1.82. The van der Waals surface area contributed by atoms with Crippen LogP contribution in [0.3, 0.4) is 0 Å². The molecular weight excluding hydrogens is 184 g/mol. The maximum absolute atomic E-state index is 5.03. The fourth-order valence-electron chi connectivity index (χ4n) is 0.827. The van der Waals surface area contributed by atoms with E-state index in [4.69, 9.17) is 18.9 Å². The zero-order valence-corrected chi connectivity index (χ0v) is 9.03. The second-order valence-corrected chi connectivity index (χ2v) is 3.23. The van der Waals surface area contributed by atoms with Crippen molar-refractivity contribution in [3.05, 3.63) is 0 Å². The first-order valence-corrected chi connectivity index (χ1v) is 5.25. The lowest BCUT2D eigenvalue weighted by molar-refractivity contribution is 0.128. The summed E-state index contributed by atoms with van der Waals surface area (Å²) in [4.78, 5) is 0. The first-order valence-electron chi connectivity index (χ1n) is 5.25. The molecule has 2 aliphatic heterocycles. The van der Waals surface area contributed by atoms with E-state index in [9.17, 15) is 0 Å². The van der Waals surface area contributed by atoms with Crippen molar-refractivity contribution in [3.8, 4) is 0 Å². The van der Waals surface area contributed by atoms with E-state index in [0.717, 1.165) is 39.6 Å². The molecule has 0 spiro atoms. The molecular formula is C10H20O4. The van der Waals surface area contributed by atoms with Crippen molar-refractivity contribution < 1.29 is 18.9 Å². The van der Waals surface area contributed by atoms with Crippen molar-refractivity contribution in [2.24, 2.45) is 0 Å². The van der Waals surface area contributed by atoms with Crippen molar-refractivity contribution in [2.75, 3.05) is 39.6 Å². The van der Waals surface area contributed by atoms with Crippen molar-refractivity contribution in [2.45, 2.75) is 26.1 Å². The molecule has 0 N–H and O–H groups in total. The van der Waals surface area contributed by atoms with Gasteiger partial charge >= 0.3 is 0 Å². The molecule has 0 amide bonds. The summed E-state index contributed by atoms with van der Waals surface area (Å²) in [5, 5.41) is 0. The van der Waals surface area contributed by atoms with Gasteiger partial charge in [-0.25, -0.2) is 0 Å². The fraction of sp³-hybridized carbons (Fsp3) is 1.00. The van der Waals surface area contributed by atoms with Gasteiger partial charge in [-0.3, -0.25) is 0 Å². The van der Waals surface area contributed by atoms with Gasteiger partial charge in [0.15, 0.2) is 0 Å². The Hall–Kier alpha value is -0.160. The van der Waals surface area contributed by atoms with Crippen LogP contribution in [0.25, 0.3) is 0 Å². The van der Waals surface area contributed by atoms with Gasteiger partial charge in [-0.1, -0.05) is 0 Å². The van der Waals surface area contributed by atoms with E-state index in [0.29, 0.717) is 12.2 Å². The van der Waals surface area contributed by atoms with Crippen LogP contribution in [0.1, 0.15) is 13.8 Å². The van der Waals surface area contributed by atoms with Gasteiger partial charge in [0.2, 0.25) is 0 Å². The van der Waals surface area contributed by atoms with Gasteiger partial charge in [0.1, 0.15) is 12.2 Å². The average molecular weight is 204 g/mol. The van der Waals surface area contributed by atoms with Crippen LogP contribution >= 0.6 is 0 Å². The summed E-state index contributed by atoms with van der Waals surface area (Å²) in [6.07, 6.45) is 0.861. The van der Waals surface area contributed by atoms with Crippen molar-refractivity contribution >= 4 is 0 Å². The minimum atomic E-state index is 0.431. The summed E-state index contributed by atoms with van der Waals surface area (Å²) in [7, 11) is 0. The predicted molar refractivity (Wildman–Crippen MR) is 52.5 cm³/mol. The highest BCUT2D eigenvalue weighted by Crippen LogP contribution is 2.08. The van der Waals surface area contributed by atoms with Crippen molar-refractivity contribution in [1.82, 2.24) is 0 Å². The van der Waals surface area contributed by atoms with E-state index in [2.05, 4.69) is 0 Å². The van der Waals surface area contributed by atoms with Crippen LogP contribution in [-0.2, 0) is 18.9 Å². The molecule has 2 fully saturated rings. The highest BCUT2D eigenvalue weighted by molar-refractivity contribution is 4.67. The van der Waals surface area contributed by atoms with Gasteiger partial charge in [0, 0.05) is 13.2 Å². The molecule has 0 aromatic carbocycles. The normalized spacial score (nSPS) is 27.9. The number of hydrogen-bond acceptors (Lipinski definition) is 4. The Labute approximate surface area is 85.5 Å². The van der Waals surface area contributed by atoms with Gasteiger partial charge in [-0.15, -0.1) is 0 Å². The first-order chi connectivity index (χ1) is 6.86. The van der Waals surface area contributed by atoms with E-state index >= 15 is 0 Å². The smallest absolute Gasteiger partial charge is 0.104 e. The minimum Gasteiger partial charge on any atom is -0.379 e. The Balaban J connectivity index is 0.000000140. The van der Waals surface area contributed by atoms with E-state index in [1.54, 1.807) is 0 Å². The average Bonchev–Trinajstić information content (AvgIpc) is 3.04. The standard InChI is InChI=1S/2C5H10O2/c2*1-2-6-3-5-4-7-5/h2*5H,2-4H2,1H3. The maximum Gasteiger partial charge on any atom is 0.104 e. The largest absolute Gasteiger partial charge is 0.379 e. The SMILES string of the molecule is CCOCC1CO1.CCOCC1CO1. The highest BCUT2D eigenvalue weighted by Gasteiger charge is 2.22. The van der Waals surface area contributed by atoms with Gasteiger partial charge in [0.25, 0.3) is 0 Å². The Morgan fingerprint density at radius 1 is 0.929 bits per heavy atom. The summed E-state index contributed by atoms with van der Waals surface area (Å²) < 4.78 is 19.8. The fourth-order valence-corrected chi connectivity index (χ4v) is 0.827. The molecule has 2 saturated heterocycles. The molecule has 2 aliphatic rings. The molecule has 84 valence electrons. The molecule has 2 atom stereocenters. The molecule has 2 heterocycles. The first kappa shape index (κ1) is 11.9. The molecule has 0 radical (unpaired) electrons. The number of epoxide rings is 2. The van der Waals surface area contributed by atoms with E-state index in [1.165, 1.54) is 0 Å². The van der Waals surface area contributed by atoms with Crippen LogP contribution in [0, 0.1) is 0 Å². The molecule has 0 aliphatic carbocycles. The Bertz CT molecular complexity index is 116. The van der Waals surface area contributed by atoms with Gasteiger partial charge < -0.3 is 18.9 Å². The van der Waals surface area contributed by atoms with Crippen LogP contribution < -0.4 is 0 Å². The molecule has 14 heavy (non-hydrogen) atoms. The van der Waals surface area contributed by atoms with Crippen molar-refractivity contribution in [3.63, 3.8) is 0 Å². The zero-order valence-electron chi connectivity index (χ0n) is 9.03. The highest BCUT2D eigenvalue weighted by atomic mass is 16.6. The predicted octanol–water partition coefficient (Wildman–Crippen LogP) is 0.843. The Morgan fingerprint density at radius 3 is 1.50 bits per heavy atom. The third-order valence-corrected chi connectivity index (χ3v) is 1.82. The summed E-state index contributed by atoms with van der Waals surface area (Å²) in [5.41, 5.74) is 0. The molecule has 2 unspecified atom stereocenters. The lowest BCUT2D eigenvalue weighted by Crippen LogP contribution is -1.99. The second kappa shape index (κ2) is 7.17. The van der Waals surface area contributed by atoms with E-state index < -0.39 is 0 Å². The quantitative estimate of drug-likeness (QED) is 0.601. The lowest BCUT2D eigenvalue weighted by Gasteiger charge is -1.91. The molecule has 4 heteroatoms. The number of hydrogen-bond donors (Lipinski definition) is 0. The molecule has 4 nitrogen and oxygen atoms in total. The van der Waals surface area contributed by atoms with Crippen LogP contribution in [-0.4, -0.2) is 51.8 Å². The van der Waals surface area contributed by atoms with Crippen LogP contribution in [0.5, 0.6) is 0 Å². The molecule has 0 saturated carbocycles. The number of rotatable bonds is 6. The molecule has 0 aromatic rings. The Morgan fingerprint density at radius 2 is 1.29 bits per heavy atom. The molecule has 0 aromatic heterocycles. The summed E-state index contributed by atoms with van der Waals surface area (Å²) >= 11 is 0. The van der Waals surface area contributed by atoms with Crippen LogP contribution in [0.15, 0.2) is 0 Å². The summed E-state index contributed by atoms with van der Waals surface area (Å²) in [6, 6.07) is 0. The Kier molecular flexibility index (Phi) is 6.10. The number of ether oxygens (including phenoxy) is 4. The zero-order chi connectivity index (χ0) is 10.2. The third kappa shape index (κ3) is 7.26.